The molecule has 32 heavy (non-hydrogen) atoms. The van der Waals surface area contributed by atoms with E-state index >= 15 is 0 Å². The van der Waals surface area contributed by atoms with E-state index in [2.05, 4.69) is 10.4 Å². The molecule has 0 aliphatic carbocycles. The first-order valence-corrected chi connectivity index (χ1v) is 9.91. The van der Waals surface area contributed by atoms with Gasteiger partial charge in [0.15, 0.2) is 6.10 Å². The van der Waals surface area contributed by atoms with E-state index in [4.69, 9.17) is 14.2 Å². The van der Waals surface area contributed by atoms with Crippen LogP contribution in [0.2, 0.25) is 0 Å². The van der Waals surface area contributed by atoms with Gasteiger partial charge in [-0.25, -0.2) is 9.07 Å². The van der Waals surface area contributed by atoms with Crippen molar-refractivity contribution in [3.05, 3.63) is 70.8 Å². The minimum atomic E-state index is -0.794. The van der Waals surface area contributed by atoms with Crippen LogP contribution in [-0.4, -0.2) is 42.6 Å². The van der Waals surface area contributed by atoms with Gasteiger partial charge in [0.05, 0.1) is 26.5 Å². The summed E-state index contributed by atoms with van der Waals surface area (Å²) in [6.45, 7) is 1.91. The highest BCUT2D eigenvalue weighted by atomic mass is 19.1. The van der Waals surface area contributed by atoms with E-state index in [1.807, 2.05) is 0 Å². The molecule has 3 aromatic rings. The van der Waals surface area contributed by atoms with Gasteiger partial charge in [0.25, 0.3) is 11.5 Å². The molecule has 2 aromatic carbocycles. The highest BCUT2D eigenvalue weighted by molar-refractivity contribution is 5.80. The zero-order valence-corrected chi connectivity index (χ0v) is 18.0. The van der Waals surface area contributed by atoms with Crippen molar-refractivity contribution in [2.75, 3.05) is 20.8 Å². The quantitative estimate of drug-likeness (QED) is 0.549. The first-order valence-electron chi connectivity index (χ1n) is 9.91. The second kappa shape index (κ2) is 10.4. The van der Waals surface area contributed by atoms with E-state index in [0.717, 1.165) is 0 Å². The minimum absolute atomic E-state index is 0.161. The Labute approximate surface area is 184 Å². The number of ether oxygens (including phenoxy) is 3. The van der Waals surface area contributed by atoms with Gasteiger partial charge in [0, 0.05) is 18.2 Å². The monoisotopic (exact) mass is 441 g/mol. The summed E-state index contributed by atoms with van der Waals surface area (Å²) in [5, 5.41) is 7.10. The van der Waals surface area contributed by atoms with Crippen LogP contribution in [0.3, 0.4) is 0 Å². The number of hydrogen-bond donors (Lipinski definition) is 1. The molecule has 168 valence electrons. The van der Waals surface area contributed by atoms with Crippen molar-refractivity contribution in [2.24, 2.45) is 0 Å². The van der Waals surface area contributed by atoms with E-state index in [1.54, 1.807) is 45.4 Å². The normalized spacial score (nSPS) is 11.5. The summed E-state index contributed by atoms with van der Waals surface area (Å²) in [5.74, 6) is 0.840. The van der Waals surface area contributed by atoms with Crippen LogP contribution in [0.25, 0.3) is 11.3 Å². The standard InChI is InChI=1S/C23H24FN3O5/c1-15(32-17-6-4-16(24)5-7-17)23(29)25-12-13-27-22(28)11-9-20(26-27)19-14-18(30-2)8-10-21(19)31-3/h4-11,14-15H,12-13H2,1-3H3,(H,25,29). The van der Waals surface area contributed by atoms with Crippen LogP contribution in [0.1, 0.15) is 6.92 Å². The first kappa shape index (κ1) is 22.8. The minimum Gasteiger partial charge on any atom is -0.497 e. The van der Waals surface area contributed by atoms with Gasteiger partial charge in [-0.1, -0.05) is 0 Å². The highest BCUT2D eigenvalue weighted by Crippen LogP contribution is 2.31. The van der Waals surface area contributed by atoms with Crippen molar-refractivity contribution >= 4 is 5.91 Å². The van der Waals surface area contributed by atoms with Crippen LogP contribution < -0.4 is 25.1 Å². The van der Waals surface area contributed by atoms with Gasteiger partial charge in [0.2, 0.25) is 0 Å². The molecule has 3 rings (SSSR count). The van der Waals surface area contributed by atoms with Crippen LogP contribution in [0.5, 0.6) is 17.2 Å². The molecule has 0 aliphatic rings. The molecule has 1 unspecified atom stereocenters. The maximum absolute atomic E-state index is 13.0. The van der Waals surface area contributed by atoms with Gasteiger partial charge in [0.1, 0.15) is 23.1 Å². The molecule has 0 bridgehead atoms. The molecule has 0 fully saturated rings. The Kier molecular flexibility index (Phi) is 7.43. The van der Waals surface area contributed by atoms with Crippen molar-refractivity contribution in [1.29, 1.82) is 0 Å². The van der Waals surface area contributed by atoms with Crippen molar-refractivity contribution < 1.29 is 23.4 Å². The van der Waals surface area contributed by atoms with Gasteiger partial charge in [-0.3, -0.25) is 9.59 Å². The Morgan fingerprint density at radius 2 is 1.78 bits per heavy atom. The SMILES string of the molecule is COc1ccc(OC)c(-c2ccc(=O)n(CCNC(=O)C(C)Oc3ccc(F)cc3)n2)c1. The molecule has 1 N–H and O–H groups in total. The Balaban J connectivity index is 1.65. The largest absolute Gasteiger partial charge is 0.497 e. The van der Waals surface area contributed by atoms with E-state index in [0.29, 0.717) is 28.5 Å². The Morgan fingerprint density at radius 3 is 2.47 bits per heavy atom. The summed E-state index contributed by atoms with van der Waals surface area (Å²) in [4.78, 5) is 24.5. The number of nitrogens with one attached hydrogen (secondary N) is 1. The van der Waals surface area contributed by atoms with E-state index in [-0.39, 0.29) is 30.4 Å². The number of methoxy groups -OCH3 is 2. The van der Waals surface area contributed by atoms with Crippen molar-refractivity contribution in [3.8, 4) is 28.5 Å². The second-order valence-electron chi connectivity index (χ2n) is 6.85. The number of carbonyl (C=O) groups excluding carboxylic acids is 1. The number of hydrogen-bond acceptors (Lipinski definition) is 6. The topological polar surface area (TPSA) is 91.7 Å². The Hall–Kier alpha value is -3.88. The lowest BCUT2D eigenvalue weighted by atomic mass is 10.1. The molecule has 0 spiro atoms. The molecule has 1 aromatic heterocycles. The van der Waals surface area contributed by atoms with Crippen molar-refractivity contribution in [1.82, 2.24) is 15.1 Å². The third-order valence-electron chi connectivity index (χ3n) is 4.67. The number of rotatable bonds is 9. The molecule has 0 saturated carbocycles. The van der Waals surface area contributed by atoms with Gasteiger partial charge in [-0.2, -0.15) is 5.10 Å². The van der Waals surface area contributed by atoms with Gasteiger partial charge in [-0.05, 0) is 55.5 Å². The molecule has 0 aliphatic heterocycles. The molecule has 0 radical (unpaired) electrons. The number of carbonyl (C=O) groups is 1. The maximum Gasteiger partial charge on any atom is 0.266 e. The van der Waals surface area contributed by atoms with Gasteiger partial charge in [-0.15, -0.1) is 0 Å². The number of aromatic nitrogens is 2. The Morgan fingerprint density at radius 1 is 1.06 bits per heavy atom. The van der Waals surface area contributed by atoms with Crippen LogP contribution in [0.15, 0.2) is 59.4 Å². The zero-order chi connectivity index (χ0) is 23.1. The highest BCUT2D eigenvalue weighted by Gasteiger charge is 2.15. The van der Waals surface area contributed by atoms with Gasteiger partial charge < -0.3 is 19.5 Å². The molecule has 9 heteroatoms. The predicted octanol–water partition coefficient (Wildman–Crippen LogP) is 2.65. The number of nitrogens with zero attached hydrogens (tertiary/aromatic N) is 2. The number of halogens is 1. The summed E-state index contributed by atoms with van der Waals surface area (Å²) in [6, 6.07) is 13.7. The lowest BCUT2D eigenvalue weighted by Gasteiger charge is -2.15. The molecule has 8 nitrogen and oxygen atoms in total. The fourth-order valence-electron chi connectivity index (χ4n) is 2.97. The van der Waals surface area contributed by atoms with Crippen molar-refractivity contribution in [3.63, 3.8) is 0 Å². The zero-order valence-electron chi connectivity index (χ0n) is 18.0. The smallest absolute Gasteiger partial charge is 0.266 e. The third kappa shape index (κ3) is 5.63. The summed E-state index contributed by atoms with van der Waals surface area (Å²) in [5.41, 5.74) is 0.895. The Bertz CT molecular complexity index is 1130. The molecule has 1 amide bonds. The molecule has 1 atom stereocenters. The van der Waals surface area contributed by atoms with E-state index in [1.165, 1.54) is 35.0 Å². The fraction of sp³-hybridized carbons (Fsp3) is 0.261. The second-order valence-corrected chi connectivity index (χ2v) is 6.85. The van der Waals surface area contributed by atoms with Crippen LogP contribution >= 0.6 is 0 Å². The summed E-state index contributed by atoms with van der Waals surface area (Å²) in [6.07, 6.45) is -0.794. The van der Waals surface area contributed by atoms with Gasteiger partial charge >= 0.3 is 0 Å². The number of benzene rings is 2. The summed E-state index contributed by atoms with van der Waals surface area (Å²) < 4.78 is 30.4. The molecular weight excluding hydrogens is 417 g/mol. The maximum atomic E-state index is 13.0. The average Bonchev–Trinajstić information content (AvgIpc) is 2.81. The molecule has 1 heterocycles. The van der Waals surface area contributed by atoms with Crippen LogP contribution in [0.4, 0.5) is 4.39 Å². The van der Waals surface area contributed by atoms with E-state index in [9.17, 15) is 14.0 Å². The average molecular weight is 441 g/mol. The van der Waals surface area contributed by atoms with Crippen LogP contribution in [0, 0.1) is 5.82 Å². The number of amides is 1. The van der Waals surface area contributed by atoms with E-state index < -0.39 is 6.10 Å². The molecule has 0 saturated heterocycles. The first-order chi connectivity index (χ1) is 15.4. The summed E-state index contributed by atoms with van der Waals surface area (Å²) in [7, 11) is 3.11. The lowest BCUT2D eigenvalue weighted by Crippen LogP contribution is -2.39. The van der Waals surface area contributed by atoms with Crippen LogP contribution in [-0.2, 0) is 11.3 Å². The lowest BCUT2D eigenvalue weighted by molar-refractivity contribution is -0.127. The van der Waals surface area contributed by atoms with Crippen molar-refractivity contribution in [2.45, 2.75) is 19.6 Å². The fourth-order valence-corrected chi connectivity index (χ4v) is 2.97. The third-order valence-corrected chi connectivity index (χ3v) is 4.67. The summed E-state index contributed by atoms with van der Waals surface area (Å²) >= 11 is 0. The molecular formula is C23H24FN3O5. The predicted molar refractivity (Wildman–Crippen MR) is 117 cm³/mol.